The normalized spacial score (nSPS) is 16.1. The van der Waals surface area contributed by atoms with Gasteiger partial charge in [0.05, 0.1) is 11.4 Å². The molecule has 5 heteroatoms. The van der Waals surface area contributed by atoms with Crippen molar-refractivity contribution < 1.29 is 9.59 Å². The molecule has 1 fully saturated rings. The summed E-state index contributed by atoms with van der Waals surface area (Å²) in [6, 6.07) is 6.96. The summed E-state index contributed by atoms with van der Waals surface area (Å²) in [7, 11) is 0. The van der Waals surface area contributed by atoms with E-state index in [1.54, 1.807) is 24.3 Å². The summed E-state index contributed by atoms with van der Waals surface area (Å²) >= 11 is 0. The van der Waals surface area contributed by atoms with Gasteiger partial charge in [0.2, 0.25) is 11.8 Å². The Balaban J connectivity index is 2.27. The van der Waals surface area contributed by atoms with Gasteiger partial charge in [-0.1, -0.05) is 12.1 Å². The van der Waals surface area contributed by atoms with Gasteiger partial charge in [-0.05, 0) is 38.1 Å². The molecule has 1 aromatic carbocycles. The smallest absolute Gasteiger partial charge is 0.237 e. The lowest BCUT2D eigenvalue weighted by molar-refractivity contribution is -0.128. The number of hydrogen-bond donors (Lipinski definition) is 2. The highest BCUT2D eigenvalue weighted by Gasteiger charge is 2.30. The van der Waals surface area contributed by atoms with E-state index in [2.05, 4.69) is 5.32 Å². The molecule has 2 rings (SSSR count). The maximum absolute atomic E-state index is 12.5. The Morgan fingerprint density at radius 1 is 1.26 bits per heavy atom. The third-order valence-corrected chi connectivity index (χ3v) is 3.40. The lowest BCUT2D eigenvalue weighted by Crippen LogP contribution is -2.43. The zero-order chi connectivity index (χ0) is 13.8. The Kier molecular flexibility index (Phi) is 4.16. The van der Waals surface area contributed by atoms with E-state index in [0.717, 1.165) is 25.9 Å². The maximum Gasteiger partial charge on any atom is 0.237 e. The van der Waals surface area contributed by atoms with Crippen LogP contribution in [0.15, 0.2) is 24.3 Å². The lowest BCUT2D eigenvalue weighted by Gasteiger charge is -2.28. The van der Waals surface area contributed by atoms with Crippen molar-refractivity contribution >= 4 is 23.2 Å². The summed E-state index contributed by atoms with van der Waals surface area (Å²) < 4.78 is 0. The lowest BCUT2D eigenvalue weighted by atomic mass is 9.96. The molecule has 102 valence electrons. The van der Waals surface area contributed by atoms with Crippen molar-refractivity contribution in [1.29, 1.82) is 0 Å². The first kappa shape index (κ1) is 13.5. The molecule has 0 aliphatic carbocycles. The second-order valence-electron chi connectivity index (χ2n) is 4.78. The molecule has 1 aliphatic rings. The van der Waals surface area contributed by atoms with Crippen LogP contribution >= 0.6 is 0 Å². The molecule has 0 aromatic heterocycles. The molecule has 0 saturated carbocycles. The fraction of sp³-hybridized carbons (Fsp3) is 0.429. The molecule has 0 unspecified atom stereocenters. The second-order valence-corrected chi connectivity index (χ2v) is 4.78. The zero-order valence-electron chi connectivity index (χ0n) is 11.1. The van der Waals surface area contributed by atoms with Crippen molar-refractivity contribution in [1.82, 2.24) is 5.32 Å². The molecule has 3 N–H and O–H groups in total. The highest BCUT2D eigenvalue weighted by Crippen LogP contribution is 2.26. The number of para-hydroxylation sites is 2. The van der Waals surface area contributed by atoms with E-state index >= 15 is 0 Å². The van der Waals surface area contributed by atoms with Crippen LogP contribution in [0.4, 0.5) is 11.4 Å². The van der Waals surface area contributed by atoms with Crippen LogP contribution in [0.25, 0.3) is 0 Å². The van der Waals surface area contributed by atoms with Crippen molar-refractivity contribution in [3.8, 4) is 0 Å². The third-order valence-electron chi connectivity index (χ3n) is 3.40. The van der Waals surface area contributed by atoms with E-state index in [9.17, 15) is 9.59 Å². The third kappa shape index (κ3) is 2.93. The van der Waals surface area contributed by atoms with E-state index < -0.39 is 0 Å². The quantitative estimate of drug-likeness (QED) is 0.783. The first-order valence-corrected chi connectivity index (χ1v) is 6.51. The van der Waals surface area contributed by atoms with Gasteiger partial charge in [0.1, 0.15) is 0 Å². The van der Waals surface area contributed by atoms with Gasteiger partial charge in [0, 0.05) is 12.8 Å². The van der Waals surface area contributed by atoms with E-state index in [1.807, 2.05) is 0 Å². The van der Waals surface area contributed by atoms with Gasteiger partial charge < -0.3 is 11.1 Å². The molecule has 1 heterocycles. The predicted octanol–water partition coefficient (Wildman–Crippen LogP) is 1.15. The van der Waals surface area contributed by atoms with Gasteiger partial charge >= 0.3 is 0 Å². The maximum atomic E-state index is 12.5. The van der Waals surface area contributed by atoms with Crippen molar-refractivity contribution in [3.05, 3.63) is 24.3 Å². The molecule has 19 heavy (non-hydrogen) atoms. The van der Waals surface area contributed by atoms with Crippen molar-refractivity contribution in [2.75, 3.05) is 23.7 Å². The fourth-order valence-electron chi connectivity index (χ4n) is 2.39. The number of rotatable bonds is 2. The molecule has 1 aliphatic heterocycles. The first-order valence-electron chi connectivity index (χ1n) is 6.51. The minimum absolute atomic E-state index is 0.107. The summed E-state index contributed by atoms with van der Waals surface area (Å²) in [6.45, 7) is 3.02. The number of carbonyl (C=O) groups excluding carboxylic acids is 2. The number of nitrogens with zero attached hydrogens (tertiary/aromatic N) is 1. The van der Waals surface area contributed by atoms with E-state index in [1.165, 1.54) is 11.8 Å². The van der Waals surface area contributed by atoms with Crippen LogP contribution in [0.3, 0.4) is 0 Å². The minimum atomic E-state index is -0.290. The molecule has 2 amide bonds. The fourth-order valence-corrected chi connectivity index (χ4v) is 2.39. The monoisotopic (exact) mass is 261 g/mol. The Morgan fingerprint density at radius 3 is 2.47 bits per heavy atom. The standard InChI is InChI=1S/C14H19N3O2/c1-10(18)17(13-5-3-2-4-12(13)15)14(19)11-6-8-16-9-7-11/h2-5,11,16H,6-9,15H2,1H3. The molecule has 0 bridgehead atoms. The molecule has 0 radical (unpaired) electrons. The van der Waals surface area contributed by atoms with Gasteiger partial charge in [-0.15, -0.1) is 0 Å². The summed E-state index contributed by atoms with van der Waals surface area (Å²) in [5, 5.41) is 3.21. The number of benzene rings is 1. The topological polar surface area (TPSA) is 75.4 Å². The van der Waals surface area contributed by atoms with Crippen LogP contribution in [0.5, 0.6) is 0 Å². The predicted molar refractivity (Wildman–Crippen MR) is 74.6 cm³/mol. The summed E-state index contributed by atoms with van der Waals surface area (Å²) in [5.74, 6) is -0.543. The SMILES string of the molecule is CC(=O)N(C(=O)C1CCNCC1)c1ccccc1N. The Morgan fingerprint density at radius 2 is 1.89 bits per heavy atom. The Labute approximate surface area is 112 Å². The van der Waals surface area contributed by atoms with Crippen LogP contribution in [0, 0.1) is 5.92 Å². The summed E-state index contributed by atoms with van der Waals surface area (Å²) in [4.78, 5) is 25.5. The van der Waals surface area contributed by atoms with Crippen LogP contribution in [0.1, 0.15) is 19.8 Å². The van der Waals surface area contributed by atoms with Crippen LogP contribution in [0.2, 0.25) is 0 Å². The van der Waals surface area contributed by atoms with Crippen LogP contribution < -0.4 is 16.0 Å². The number of hydrogen-bond acceptors (Lipinski definition) is 4. The number of imide groups is 1. The number of nitrogens with one attached hydrogen (secondary N) is 1. The largest absolute Gasteiger partial charge is 0.397 e. The van der Waals surface area contributed by atoms with Crippen LogP contribution in [-0.4, -0.2) is 24.9 Å². The average Bonchev–Trinajstić information content (AvgIpc) is 2.42. The highest BCUT2D eigenvalue weighted by molar-refractivity contribution is 6.16. The van der Waals surface area contributed by atoms with Crippen molar-refractivity contribution in [2.24, 2.45) is 5.92 Å². The Hall–Kier alpha value is -1.88. The van der Waals surface area contributed by atoms with Gasteiger partial charge in [0.15, 0.2) is 0 Å². The zero-order valence-corrected chi connectivity index (χ0v) is 11.1. The van der Waals surface area contributed by atoms with Gasteiger partial charge in [-0.3, -0.25) is 9.59 Å². The number of anilines is 2. The average molecular weight is 261 g/mol. The molecule has 0 atom stereocenters. The van der Waals surface area contributed by atoms with E-state index in [4.69, 9.17) is 5.73 Å². The van der Waals surface area contributed by atoms with Crippen molar-refractivity contribution in [2.45, 2.75) is 19.8 Å². The second kappa shape index (κ2) is 5.84. The summed E-state index contributed by atoms with van der Waals surface area (Å²) in [5.41, 5.74) is 6.80. The number of carbonyl (C=O) groups is 2. The molecule has 5 nitrogen and oxygen atoms in total. The van der Waals surface area contributed by atoms with Gasteiger partial charge in [0.25, 0.3) is 0 Å². The van der Waals surface area contributed by atoms with E-state index in [0.29, 0.717) is 11.4 Å². The first-order chi connectivity index (χ1) is 9.11. The van der Waals surface area contributed by atoms with Crippen LogP contribution in [-0.2, 0) is 9.59 Å². The summed E-state index contributed by atoms with van der Waals surface area (Å²) in [6.07, 6.45) is 1.52. The van der Waals surface area contributed by atoms with E-state index in [-0.39, 0.29) is 17.7 Å². The molecular weight excluding hydrogens is 242 g/mol. The molecular formula is C14H19N3O2. The molecule has 1 aromatic rings. The van der Waals surface area contributed by atoms with Gasteiger partial charge in [-0.2, -0.15) is 0 Å². The number of nitrogen functional groups attached to an aromatic ring is 1. The molecule has 0 spiro atoms. The number of nitrogens with two attached hydrogens (primary N) is 1. The Bertz CT molecular complexity index is 481. The number of piperidine rings is 1. The van der Waals surface area contributed by atoms with Crippen molar-refractivity contribution in [3.63, 3.8) is 0 Å². The minimum Gasteiger partial charge on any atom is -0.397 e. The number of amides is 2. The highest BCUT2D eigenvalue weighted by atomic mass is 16.2. The van der Waals surface area contributed by atoms with Gasteiger partial charge in [-0.25, -0.2) is 4.90 Å². The molecule has 1 saturated heterocycles.